The Labute approximate surface area is 113 Å². The van der Waals surface area contributed by atoms with Crippen LogP contribution in [0.4, 0.5) is 0 Å². The normalized spacial score (nSPS) is 12.9. The van der Waals surface area contributed by atoms with Crippen LogP contribution >= 0.6 is 15.9 Å². The number of methoxy groups -OCH3 is 1. The molecule has 0 amide bonds. The summed E-state index contributed by atoms with van der Waals surface area (Å²) in [5.74, 6) is 1.27. The quantitative estimate of drug-likeness (QED) is 0.919. The molecular weight excluding hydrogens is 300 g/mol. The van der Waals surface area contributed by atoms with Gasteiger partial charge >= 0.3 is 0 Å². The van der Waals surface area contributed by atoms with E-state index in [1.54, 1.807) is 24.1 Å². The van der Waals surface area contributed by atoms with Crippen molar-refractivity contribution in [2.75, 3.05) is 13.7 Å². The molecule has 0 saturated carbocycles. The van der Waals surface area contributed by atoms with E-state index in [9.17, 15) is 5.11 Å². The lowest BCUT2D eigenvalue weighted by molar-refractivity contribution is 0.159. The van der Waals surface area contributed by atoms with E-state index >= 15 is 0 Å². The molecule has 0 saturated heterocycles. The number of rotatable bonds is 5. The molecule has 5 nitrogen and oxygen atoms in total. The predicted molar refractivity (Wildman–Crippen MR) is 69.3 cm³/mol. The highest BCUT2D eigenvalue weighted by molar-refractivity contribution is 9.10. The van der Waals surface area contributed by atoms with Crippen molar-refractivity contribution in [1.29, 1.82) is 0 Å². The summed E-state index contributed by atoms with van der Waals surface area (Å²) in [6.45, 7) is 2.95. The Balaban J connectivity index is 2.28. The zero-order chi connectivity index (χ0) is 13.1. The Bertz CT molecular complexity index is 521. The molecule has 18 heavy (non-hydrogen) atoms. The third-order valence-corrected chi connectivity index (χ3v) is 3.24. The van der Waals surface area contributed by atoms with E-state index in [2.05, 4.69) is 21.0 Å². The van der Waals surface area contributed by atoms with Gasteiger partial charge in [-0.1, -0.05) is 0 Å². The Morgan fingerprint density at radius 2 is 2.33 bits per heavy atom. The van der Waals surface area contributed by atoms with Crippen LogP contribution in [-0.2, 0) is 11.3 Å². The maximum atomic E-state index is 10.3. The first-order valence-corrected chi connectivity index (χ1v) is 6.37. The number of nitrogens with zero attached hydrogens (tertiary/aromatic N) is 2. The van der Waals surface area contributed by atoms with Crippen molar-refractivity contribution < 1.29 is 14.3 Å². The van der Waals surface area contributed by atoms with Crippen LogP contribution in [0.2, 0.25) is 0 Å². The number of aromatic nitrogens is 2. The zero-order valence-electron chi connectivity index (χ0n) is 10.3. The summed E-state index contributed by atoms with van der Waals surface area (Å²) in [7, 11) is 1.63. The highest BCUT2D eigenvalue weighted by Gasteiger charge is 2.22. The summed E-state index contributed by atoms with van der Waals surface area (Å²) in [5.41, 5.74) is 0.668. The number of aryl methyl sites for hydroxylation is 1. The molecule has 0 spiro atoms. The minimum Gasteiger partial charge on any atom is -0.463 e. The van der Waals surface area contributed by atoms with Crippen LogP contribution in [0.5, 0.6) is 0 Å². The average molecular weight is 315 g/mol. The lowest BCUT2D eigenvalue weighted by atomic mass is 10.2. The highest BCUT2D eigenvalue weighted by Crippen LogP contribution is 2.29. The van der Waals surface area contributed by atoms with Crippen LogP contribution in [0.15, 0.2) is 27.2 Å². The van der Waals surface area contributed by atoms with Crippen molar-refractivity contribution >= 4 is 15.9 Å². The van der Waals surface area contributed by atoms with E-state index in [0.717, 1.165) is 10.2 Å². The van der Waals surface area contributed by atoms with Gasteiger partial charge in [-0.2, -0.15) is 5.10 Å². The first-order valence-electron chi connectivity index (χ1n) is 5.58. The highest BCUT2D eigenvalue weighted by atomic mass is 79.9. The minimum absolute atomic E-state index is 0.507. The van der Waals surface area contributed by atoms with Crippen molar-refractivity contribution in [3.63, 3.8) is 0 Å². The fourth-order valence-electron chi connectivity index (χ4n) is 1.73. The third-order valence-electron chi connectivity index (χ3n) is 2.63. The van der Waals surface area contributed by atoms with Crippen LogP contribution in [0.25, 0.3) is 0 Å². The maximum Gasteiger partial charge on any atom is 0.154 e. The van der Waals surface area contributed by atoms with E-state index in [4.69, 9.17) is 9.15 Å². The average Bonchev–Trinajstić information content (AvgIpc) is 2.92. The summed E-state index contributed by atoms with van der Waals surface area (Å²) in [6.07, 6.45) is 0.816. The van der Waals surface area contributed by atoms with E-state index < -0.39 is 6.10 Å². The lowest BCUT2D eigenvalue weighted by Gasteiger charge is -2.12. The number of furan rings is 1. The molecule has 6 heteroatoms. The summed E-state index contributed by atoms with van der Waals surface area (Å²) in [5, 5.41) is 14.5. The van der Waals surface area contributed by atoms with Gasteiger partial charge in [0.05, 0.1) is 29.5 Å². The van der Waals surface area contributed by atoms with Gasteiger partial charge in [-0.25, -0.2) is 0 Å². The largest absolute Gasteiger partial charge is 0.463 e. The smallest absolute Gasteiger partial charge is 0.154 e. The molecule has 0 aliphatic rings. The predicted octanol–water partition coefficient (Wildman–Crippen LogP) is 2.28. The summed E-state index contributed by atoms with van der Waals surface area (Å²) in [6, 6.07) is 3.59. The standard InChI is InChI=1S/C12H15BrN2O3/c1-8-3-4-10(18-8)12(16)11-9(13)7-14-15(11)5-6-17-2/h3-4,7,12,16H,5-6H2,1-2H3. The van der Waals surface area contributed by atoms with Crippen molar-refractivity contribution in [3.8, 4) is 0 Å². The molecule has 2 aromatic rings. The Morgan fingerprint density at radius 1 is 1.56 bits per heavy atom. The molecule has 1 atom stereocenters. The van der Waals surface area contributed by atoms with Gasteiger partial charge in [0, 0.05) is 7.11 Å². The van der Waals surface area contributed by atoms with Crippen LogP contribution < -0.4 is 0 Å². The minimum atomic E-state index is -0.840. The van der Waals surface area contributed by atoms with Crippen molar-refractivity contribution in [2.24, 2.45) is 0 Å². The van der Waals surface area contributed by atoms with Crippen LogP contribution in [-0.4, -0.2) is 28.6 Å². The van der Waals surface area contributed by atoms with Gasteiger partial charge in [0.1, 0.15) is 11.5 Å². The van der Waals surface area contributed by atoms with Crippen molar-refractivity contribution in [1.82, 2.24) is 9.78 Å². The summed E-state index contributed by atoms with van der Waals surface area (Å²) in [4.78, 5) is 0. The molecule has 2 heterocycles. The van der Waals surface area contributed by atoms with Crippen LogP contribution in [0, 0.1) is 6.92 Å². The molecule has 0 radical (unpaired) electrons. The second-order valence-corrected chi connectivity index (χ2v) is 4.80. The molecule has 2 rings (SSSR count). The van der Waals surface area contributed by atoms with E-state index in [-0.39, 0.29) is 0 Å². The first kappa shape index (κ1) is 13.3. The van der Waals surface area contributed by atoms with Gasteiger partial charge in [-0.15, -0.1) is 0 Å². The molecule has 1 N–H and O–H groups in total. The number of halogens is 1. The molecule has 98 valence electrons. The van der Waals surface area contributed by atoms with E-state index in [0.29, 0.717) is 24.6 Å². The number of aliphatic hydroxyl groups is 1. The van der Waals surface area contributed by atoms with Gasteiger partial charge in [-0.05, 0) is 35.0 Å². The van der Waals surface area contributed by atoms with Crippen LogP contribution in [0.3, 0.4) is 0 Å². The summed E-state index contributed by atoms with van der Waals surface area (Å²) >= 11 is 3.39. The molecule has 1 unspecified atom stereocenters. The lowest BCUT2D eigenvalue weighted by Crippen LogP contribution is -2.13. The summed E-state index contributed by atoms with van der Waals surface area (Å²) < 4.78 is 12.9. The van der Waals surface area contributed by atoms with E-state index in [1.807, 2.05) is 13.0 Å². The monoisotopic (exact) mass is 314 g/mol. The molecule has 0 aliphatic carbocycles. The zero-order valence-corrected chi connectivity index (χ0v) is 11.8. The second-order valence-electron chi connectivity index (χ2n) is 3.94. The van der Waals surface area contributed by atoms with Crippen molar-refractivity contribution in [2.45, 2.75) is 19.6 Å². The maximum absolute atomic E-state index is 10.3. The molecular formula is C12H15BrN2O3. The molecule has 0 aliphatic heterocycles. The Kier molecular flexibility index (Phi) is 4.21. The van der Waals surface area contributed by atoms with Gasteiger partial charge < -0.3 is 14.3 Å². The number of ether oxygens (including phenoxy) is 1. The number of aliphatic hydroxyl groups excluding tert-OH is 1. The molecule has 0 fully saturated rings. The molecule has 0 aromatic carbocycles. The van der Waals surface area contributed by atoms with Crippen LogP contribution in [0.1, 0.15) is 23.3 Å². The van der Waals surface area contributed by atoms with E-state index in [1.165, 1.54) is 0 Å². The number of hydrogen-bond acceptors (Lipinski definition) is 4. The van der Waals surface area contributed by atoms with Crippen molar-refractivity contribution in [3.05, 3.63) is 40.0 Å². The topological polar surface area (TPSA) is 60.4 Å². The fraction of sp³-hybridized carbons (Fsp3) is 0.417. The van der Waals surface area contributed by atoms with Gasteiger partial charge in [0.15, 0.2) is 6.10 Å². The second kappa shape index (κ2) is 5.69. The van der Waals surface area contributed by atoms with Gasteiger partial charge in [0.2, 0.25) is 0 Å². The third kappa shape index (κ3) is 2.66. The van der Waals surface area contributed by atoms with Gasteiger partial charge in [-0.3, -0.25) is 4.68 Å². The fourth-order valence-corrected chi connectivity index (χ4v) is 2.25. The first-order chi connectivity index (χ1) is 8.63. The molecule has 2 aromatic heterocycles. The Hall–Kier alpha value is -1.11. The number of hydrogen-bond donors (Lipinski definition) is 1. The Morgan fingerprint density at radius 3 is 2.94 bits per heavy atom. The SMILES string of the molecule is COCCn1ncc(Br)c1C(O)c1ccc(C)o1. The molecule has 0 bridgehead atoms. The van der Waals surface area contributed by atoms with Gasteiger partial charge in [0.25, 0.3) is 0 Å².